The molecule has 1 aliphatic rings. The lowest BCUT2D eigenvalue weighted by atomic mass is 10.0. The minimum atomic E-state index is -0.772. The minimum absolute atomic E-state index is 0.198. The van der Waals surface area contributed by atoms with Crippen LogP contribution in [-0.2, 0) is 37.4 Å². The molecule has 0 aliphatic carbocycles. The van der Waals surface area contributed by atoms with Crippen LogP contribution in [0, 0.1) is 6.92 Å². The van der Waals surface area contributed by atoms with Crippen LogP contribution in [0.3, 0.4) is 0 Å². The van der Waals surface area contributed by atoms with E-state index >= 15 is 0 Å². The van der Waals surface area contributed by atoms with Gasteiger partial charge in [0.05, 0.1) is 30.8 Å². The lowest BCUT2D eigenvalue weighted by molar-refractivity contribution is -0.126. The molecule has 5 rings (SSSR count). The number of carbonyl (C=O) groups excluding carboxylic acids is 3. The van der Waals surface area contributed by atoms with Gasteiger partial charge in [-0.3, -0.25) is 4.79 Å². The smallest absolute Gasteiger partial charge is 0.322 e. The van der Waals surface area contributed by atoms with Crippen molar-refractivity contribution in [2.24, 2.45) is 5.73 Å². The van der Waals surface area contributed by atoms with Gasteiger partial charge in [-0.2, -0.15) is 0 Å². The van der Waals surface area contributed by atoms with Gasteiger partial charge in [0.25, 0.3) is 0 Å². The van der Waals surface area contributed by atoms with Crippen molar-refractivity contribution in [3.8, 4) is 0 Å². The normalized spacial score (nSPS) is 14.1. The number of nitrogens with one attached hydrogen (secondary N) is 3. The SMILES string of the molecule is Cc1ccc(NC(=O)N2Cc3c(ncn3Cc3ccccc3Cl)CC2C(=O)NCc2cccc(CNC(N)=O)c2)cc1. The van der Waals surface area contributed by atoms with Gasteiger partial charge in [-0.25, -0.2) is 14.6 Å². The van der Waals surface area contributed by atoms with Crippen LogP contribution in [0.1, 0.15) is 33.6 Å². The number of amides is 5. The molecule has 3 aromatic carbocycles. The molecule has 4 aromatic rings. The topological polar surface area (TPSA) is 134 Å². The number of hydrogen-bond donors (Lipinski definition) is 4. The third kappa shape index (κ3) is 6.90. The van der Waals surface area contributed by atoms with E-state index in [-0.39, 0.29) is 38.0 Å². The second-order valence-corrected chi connectivity index (χ2v) is 10.7. The maximum absolute atomic E-state index is 13.6. The Morgan fingerprint density at radius 1 is 0.976 bits per heavy atom. The number of hydrogen-bond acceptors (Lipinski definition) is 4. The Hall–Kier alpha value is -4.83. The highest BCUT2D eigenvalue weighted by atomic mass is 35.5. The Balaban J connectivity index is 1.35. The van der Waals surface area contributed by atoms with E-state index in [1.54, 1.807) is 11.2 Å². The molecule has 0 fully saturated rings. The molecule has 42 heavy (non-hydrogen) atoms. The first-order chi connectivity index (χ1) is 20.3. The zero-order valence-electron chi connectivity index (χ0n) is 23.1. The number of anilines is 1. The number of urea groups is 2. The van der Waals surface area contributed by atoms with Crippen molar-refractivity contribution in [2.45, 2.75) is 45.6 Å². The number of aryl methyl sites for hydroxylation is 1. The summed E-state index contributed by atoms with van der Waals surface area (Å²) in [5.41, 5.74) is 11.1. The highest BCUT2D eigenvalue weighted by Crippen LogP contribution is 2.26. The number of halogens is 1. The Morgan fingerprint density at radius 2 is 1.69 bits per heavy atom. The molecule has 5 amide bonds. The summed E-state index contributed by atoms with van der Waals surface area (Å²) >= 11 is 6.41. The van der Waals surface area contributed by atoms with E-state index in [9.17, 15) is 14.4 Å². The lowest BCUT2D eigenvalue weighted by Gasteiger charge is -2.35. The largest absolute Gasteiger partial charge is 0.352 e. The lowest BCUT2D eigenvalue weighted by Crippen LogP contribution is -2.54. The highest BCUT2D eigenvalue weighted by Gasteiger charge is 2.37. The van der Waals surface area contributed by atoms with Gasteiger partial charge >= 0.3 is 12.1 Å². The van der Waals surface area contributed by atoms with E-state index in [0.29, 0.717) is 17.3 Å². The second kappa shape index (κ2) is 12.8. The summed E-state index contributed by atoms with van der Waals surface area (Å²) < 4.78 is 1.97. The molecule has 0 saturated heterocycles. The zero-order valence-corrected chi connectivity index (χ0v) is 23.9. The van der Waals surface area contributed by atoms with Crippen molar-refractivity contribution in [3.05, 3.63) is 118 Å². The average Bonchev–Trinajstić information content (AvgIpc) is 3.38. The van der Waals surface area contributed by atoms with Crippen molar-refractivity contribution in [2.75, 3.05) is 5.32 Å². The van der Waals surface area contributed by atoms with Crippen LogP contribution in [0.25, 0.3) is 0 Å². The number of imidazole rings is 1. The van der Waals surface area contributed by atoms with Crippen LogP contribution in [0.5, 0.6) is 0 Å². The van der Waals surface area contributed by atoms with Crippen molar-refractivity contribution in [3.63, 3.8) is 0 Å². The standard InChI is InChI=1S/C31H32ClN7O3/c1-20-9-11-24(12-10-20)37-31(42)39-18-28-26(36-19-38(28)17-23-7-2-3-8-25(23)32)14-27(39)29(40)34-15-21-5-4-6-22(13-21)16-35-30(33)41/h2-13,19,27H,14-18H2,1H3,(H,34,40)(H,37,42)(H3,33,35,41). The number of nitrogens with two attached hydrogens (primary N) is 1. The van der Waals surface area contributed by atoms with Crippen LogP contribution >= 0.6 is 11.6 Å². The molecule has 1 aliphatic heterocycles. The van der Waals surface area contributed by atoms with E-state index in [0.717, 1.165) is 33.6 Å². The summed E-state index contributed by atoms with van der Waals surface area (Å²) in [7, 11) is 0. The molecule has 1 atom stereocenters. The van der Waals surface area contributed by atoms with Gasteiger partial charge in [0.15, 0.2) is 0 Å². The van der Waals surface area contributed by atoms with E-state index in [4.69, 9.17) is 17.3 Å². The van der Waals surface area contributed by atoms with E-state index < -0.39 is 12.1 Å². The predicted molar refractivity (Wildman–Crippen MR) is 161 cm³/mol. The summed E-state index contributed by atoms with van der Waals surface area (Å²) in [5, 5.41) is 9.13. The third-order valence-corrected chi connectivity index (χ3v) is 7.57. The molecule has 1 aromatic heterocycles. The summed E-state index contributed by atoms with van der Waals surface area (Å²) in [6, 6.07) is 20.8. The zero-order chi connectivity index (χ0) is 29.6. The summed E-state index contributed by atoms with van der Waals surface area (Å²) in [5.74, 6) is -0.291. The van der Waals surface area contributed by atoms with E-state index in [1.165, 1.54) is 0 Å². The van der Waals surface area contributed by atoms with Gasteiger partial charge in [-0.15, -0.1) is 0 Å². The minimum Gasteiger partial charge on any atom is -0.352 e. The number of benzene rings is 3. The first-order valence-electron chi connectivity index (χ1n) is 13.6. The van der Waals surface area contributed by atoms with Gasteiger partial charge in [0.2, 0.25) is 5.91 Å². The third-order valence-electron chi connectivity index (χ3n) is 7.21. The van der Waals surface area contributed by atoms with Gasteiger partial charge in [-0.05, 0) is 41.8 Å². The first-order valence-corrected chi connectivity index (χ1v) is 13.9. The molecule has 0 spiro atoms. The van der Waals surface area contributed by atoms with E-state index in [2.05, 4.69) is 20.9 Å². The number of aromatic nitrogens is 2. The predicted octanol–water partition coefficient (Wildman–Crippen LogP) is 4.34. The molecular weight excluding hydrogens is 554 g/mol. The quantitative estimate of drug-likeness (QED) is 0.245. The summed E-state index contributed by atoms with van der Waals surface area (Å²) in [6.07, 6.45) is 2.00. The molecule has 0 bridgehead atoms. The average molecular weight is 586 g/mol. The summed E-state index contributed by atoms with van der Waals surface area (Å²) in [4.78, 5) is 44.4. The van der Waals surface area contributed by atoms with Gasteiger partial charge in [0, 0.05) is 30.2 Å². The maximum Gasteiger partial charge on any atom is 0.322 e. The van der Waals surface area contributed by atoms with Gasteiger partial charge in [0.1, 0.15) is 6.04 Å². The van der Waals surface area contributed by atoms with Crippen molar-refractivity contribution in [1.29, 1.82) is 0 Å². The maximum atomic E-state index is 13.6. The molecule has 0 radical (unpaired) electrons. The molecule has 1 unspecified atom stereocenters. The molecule has 216 valence electrons. The van der Waals surface area contributed by atoms with Crippen LogP contribution in [0.15, 0.2) is 79.1 Å². The number of primary amides is 1. The monoisotopic (exact) mass is 585 g/mol. The Labute approximate surface area is 248 Å². The van der Waals surface area contributed by atoms with Gasteiger partial charge < -0.3 is 31.2 Å². The number of rotatable bonds is 8. The molecule has 5 N–H and O–H groups in total. The van der Waals surface area contributed by atoms with Crippen molar-refractivity contribution < 1.29 is 14.4 Å². The van der Waals surface area contributed by atoms with Gasteiger partial charge in [-0.1, -0.05) is 71.8 Å². The Kier molecular flexibility index (Phi) is 8.73. The Morgan fingerprint density at radius 3 is 2.40 bits per heavy atom. The second-order valence-electron chi connectivity index (χ2n) is 10.3. The fourth-order valence-corrected chi connectivity index (χ4v) is 5.13. The number of fused-ring (bicyclic) bond motifs is 1. The summed E-state index contributed by atoms with van der Waals surface area (Å²) in [6.45, 7) is 3.20. The van der Waals surface area contributed by atoms with Crippen molar-refractivity contribution >= 4 is 35.3 Å². The Bertz CT molecular complexity index is 1600. The van der Waals surface area contributed by atoms with Crippen LogP contribution in [-0.4, -0.2) is 38.5 Å². The molecule has 11 heteroatoms. The van der Waals surface area contributed by atoms with Crippen molar-refractivity contribution in [1.82, 2.24) is 25.1 Å². The van der Waals surface area contributed by atoms with Crippen LogP contribution < -0.4 is 21.7 Å². The first kappa shape index (κ1) is 28.7. The van der Waals surface area contributed by atoms with E-state index in [1.807, 2.05) is 84.3 Å². The molecular formula is C31H32ClN7O3. The number of carbonyl (C=O) groups is 3. The fraction of sp³-hybridized carbons (Fsp3) is 0.226. The number of nitrogens with zero attached hydrogens (tertiary/aromatic N) is 3. The highest BCUT2D eigenvalue weighted by molar-refractivity contribution is 6.31. The fourth-order valence-electron chi connectivity index (χ4n) is 4.94. The molecule has 2 heterocycles. The van der Waals surface area contributed by atoms with Crippen LogP contribution in [0.4, 0.5) is 15.3 Å². The molecule has 10 nitrogen and oxygen atoms in total. The van der Waals surface area contributed by atoms with Crippen LogP contribution in [0.2, 0.25) is 5.02 Å². The molecule has 0 saturated carbocycles.